The minimum atomic E-state index is -3.17. The Hall–Kier alpha value is -2.02. The summed E-state index contributed by atoms with van der Waals surface area (Å²) in [6, 6.07) is 4.35. The quantitative estimate of drug-likeness (QED) is 0.851. The Morgan fingerprint density at radius 3 is 2.79 bits per heavy atom. The van der Waals surface area contributed by atoms with Gasteiger partial charge in [-0.25, -0.2) is 8.42 Å². The van der Waals surface area contributed by atoms with Crippen LogP contribution in [0.4, 0.5) is 0 Å². The van der Waals surface area contributed by atoms with E-state index in [-0.39, 0.29) is 18.5 Å². The molecule has 100 valence electrons. The summed E-state index contributed by atoms with van der Waals surface area (Å²) in [5, 5.41) is 3.76. The molecule has 2 heterocycles. The summed E-state index contributed by atoms with van der Waals surface area (Å²) in [7, 11) is -3.17. The van der Waals surface area contributed by atoms with E-state index in [1.807, 2.05) is 0 Å². The van der Waals surface area contributed by atoms with E-state index in [9.17, 15) is 13.2 Å². The Kier molecular flexibility index (Phi) is 2.70. The van der Waals surface area contributed by atoms with Crippen LogP contribution in [-0.2, 0) is 9.84 Å². The molecule has 19 heavy (non-hydrogen) atoms. The zero-order valence-corrected chi connectivity index (χ0v) is 10.6. The van der Waals surface area contributed by atoms with Crippen LogP contribution in [0.1, 0.15) is 10.4 Å². The first-order valence-corrected chi connectivity index (χ1v) is 7.36. The Morgan fingerprint density at radius 2 is 2.05 bits per heavy atom. The van der Waals surface area contributed by atoms with Gasteiger partial charge in [0.1, 0.15) is 0 Å². The van der Waals surface area contributed by atoms with Gasteiger partial charge >= 0.3 is 0 Å². The van der Waals surface area contributed by atoms with Gasteiger partial charge in [-0.3, -0.25) is 4.79 Å². The molecule has 1 amide bonds. The molecule has 6 nitrogen and oxygen atoms in total. The lowest BCUT2D eigenvalue weighted by Crippen LogP contribution is -2.35. The third-order valence-corrected chi connectivity index (χ3v) is 4.28. The van der Waals surface area contributed by atoms with E-state index >= 15 is 0 Å². The van der Waals surface area contributed by atoms with Crippen LogP contribution in [0.5, 0.6) is 11.5 Å². The molecule has 0 bridgehead atoms. The van der Waals surface area contributed by atoms with Crippen LogP contribution >= 0.6 is 0 Å². The normalized spacial score (nSPS) is 22.4. The number of hydrogen-bond donors (Lipinski definition) is 1. The summed E-state index contributed by atoms with van der Waals surface area (Å²) < 4.78 is 32.8. The summed E-state index contributed by atoms with van der Waals surface area (Å²) in [4.78, 5) is 12.0. The molecule has 0 aromatic heterocycles. The fraction of sp³-hybridized carbons (Fsp3) is 0.250. The number of sulfone groups is 1. The van der Waals surface area contributed by atoms with Crippen LogP contribution < -0.4 is 14.8 Å². The monoisotopic (exact) mass is 281 g/mol. The molecule has 2 aliphatic heterocycles. The summed E-state index contributed by atoms with van der Waals surface area (Å²) in [5.74, 6) is 0.677. The lowest BCUT2D eigenvalue weighted by Gasteiger charge is -2.10. The summed E-state index contributed by atoms with van der Waals surface area (Å²) in [6.07, 6.45) is 1.47. The van der Waals surface area contributed by atoms with Gasteiger partial charge in [0.25, 0.3) is 5.91 Å². The molecule has 0 radical (unpaired) electrons. The lowest BCUT2D eigenvalue weighted by molar-refractivity contribution is 0.0947. The summed E-state index contributed by atoms with van der Waals surface area (Å²) in [6.45, 7) is 0.143. The van der Waals surface area contributed by atoms with Gasteiger partial charge < -0.3 is 14.8 Å². The number of carbonyl (C=O) groups excluding carboxylic acids is 1. The fourth-order valence-electron chi connectivity index (χ4n) is 1.96. The highest BCUT2D eigenvalue weighted by Crippen LogP contribution is 2.32. The van der Waals surface area contributed by atoms with Gasteiger partial charge in [-0.1, -0.05) is 0 Å². The number of amides is 1. The standard InChI is InChI=1S/C12H11NO5S/c14-12(13-9-3-4-19(15,16)6-9)8-1-2-10-11(5-8)18-7-17-10/h1-5,9H,6-7H2,(H,13,14). The van der Waals surface area contributed by atoms with Crippen LogP contribution in [0.3, 0.4) is 0 Å². The van der Waals surface area contributed by atoms with Crippen molar-refractivity contribution in [3.05, 3.63) is 35.2 Å². The maximum absolute atomic E-state index is 12.0. The Morgan fingerprint density at radius 1 is 1.26 bits per heavy atom. The van der Waals surface area contributed by atoms with Gasteiger partial charge in [-0.15, -0.1) is 0 Å². The third kappa shape index (κ3) is 2.41. The van der Waals surface area contributed by atoms with Gasteiger partial charge in [-0.05, 0) is 24.3 Å². The molecule has 0 aliphatic carbocycles. The molecule has 1 N–H and O–H groups in total. The Labute approximate surface area is 109 Å². The van der Waals surface area contributed by atoms with E-state index < -0.39 is 15.9 Å². The molecule has 0 fully saturated rings. The maximum atomic E-state index is 12.0. The number of hydrogen-bond acceptors (Lipinski definition) is 5. The Balaban J connectivity index is 1.73. The van der Waals surface area contributed by atoms with Crippen molar-refractivity contribution in [1.29, 1.82) is 0 Å². The molecule has 7 heteroatoms. The molecule has 0 saturated heterocycles. The minimum Gasteiger partial charge on any atom is -0.454 e. The second-order valence-electron chi connectivity index (χ2n) is 4.31. The van der Waals surface area contributed by atoms with Gasteiger partial charge in [0, 0.05) is 11.0 Å². The number of benzene rings is 1. The average molecular weight is 281 g/mol. The van der Waals surface area contributed by atoms with Crippen molar-refractivity contribution in [2.45, 2.75) is 6.04 Å². The molecule has 1 unspecified atom stereocenters. The number of carbonyl (C=O) groups is 1. The first-order valence-electron chi connectivity index (χ1n) is 5.65. The summed E-state index contributed by atoms with van der Waals surface area (Å²) >= 11 is 0. The van der Waals surface area contributed by atoms with Gasteiger partial charge in [0.05, 0.1) is 11.8 Å². The number of ether oxygens (including phenoxy) is 2. The molecular formula is C12H11NO5S. The van der Waals surface area contributed by atoms with Gasteiger partial charge in [-0.2, -0.15) is 0 Å². The molecule has 1 atom stereocenters. The lowest BCUT2D eigenvalue weighted by atomic mass is 10.2. The van der Waals surface area contributed by atoms with Crippen molar-refractivity contribution in [2.75, 3.05) is 12.5 Å². The Bertz CT molecular complexity index is 665. The van der Waals surface area contributed by atoms with Crippen LogP contribution in [0.25, 0.3) is 0 Å². The van der Waals surface area contributed by atoms with Crippen LogP contribution in [0.2, 0.25) is 0 Å². The molecule has 3 rings (SSSR count). The van der Waals surface area contributed by atoms with Crippen molar-refractivity contribution >= 4 is 15.7 Å². The van der Waals surface area contributed by atoms with Crippen molar-refractivity contribution in [2.24, 2.45) is 0 Å². The summed E-state index contributed by atoms with van der Waals surface area (Å²) in [5.41, 5.74) is 0.405. The maximum Gasteiger partial charge on any atom is 0.251 e. The first-order chi connectivity index (χ1) is 9.03. The third-order valence-electron chi connectivity index (χ3n) is 2.88. The molecular weight excluding hydrogens is 270 g/mol. The molecule has 0 spiro atoms. The van der Waals surface area contributed by atoms with E-state index in [0.717, 1.165) is 5.41 Å². The van der Waals surface area contributed by atoms with Crippen LogP contribution in [0.15, 0.2) is 29.7 Å². The highest BCUT2D eigenvalue weighted by atomic mass is 32.2. The van der Waals surface area contributed by atoms with E-state index in [0.29, 0.717) is 17.1 Å². The number of rotatable bonds is 2. The second-order valence-corrected chi connectivity index (χ2v) is 6.24. The fourth-order valence-corrected chi connectivity index (χ4v) is 3.19. The molecule has 1 aromatic carbocycles. The molecule has 0 saturated carbocycles. The van der Waals surface area contributed by atoms with Crippen molar-refractivity contribution in [3.63, 3.8) is 0 Å². The minimum absolute atomic E-state index is 0.0940. The molecule has 1 aromatic rings. The van der Waals surface area contributed by atoms with E-state index in [1.165, 1.54) is 6.08 Å². The van der Waals surface area contributed by atoms with Gasteiger partial charge in [0.15, 0.2) is 21.3 Å². The van der Waals surface area contributed by atoms with E-state index in [4.69, 9.17) is 9.47 Å². The molecule has 2 aliphatic rings. The van der Waals surface area contributed by atoms with Gasteiger partial charge in [0.2, 0.25) is 6.79 Å². The zero-order valence-electron chi connectivity index (χ0n) is 9.83. The van der Waals surface area contributed by atoms with Crippen molar-refractivity contribution < 1.29 is 22.7 Å². The highest BCUT2D eigenvalue weighted by molar-refractivity contribution is 7.94. The SMILES string of the molecule is O=C(NC1C=CS(=O)(=O)C1)c1ccc2c(c1)OCO2. The predicted molar refractivity (Wildman–Crippen MR) is 66.7 cm³/mol. The second kappa shape index (κ2) is 4.27. The van der Waals surface area contributed by atoms with Crippen LogP contribution in [0, 0.1) is 0 Å². The zero-order chi connectivity index (χ0) is 13.5. The van der Waals surface area contributed by atoms with E-state index in [1.54, 1.807) is 18.2 Å². The average Bonchev–Trinajstić information content (AvgIpc) is 2.94. The van der Waals surface area contributed by atoms with E-state index in [2.05, 4.69) is 5.32 Å². The smallest absolute Gasteiger partial charge is 0.251 e. The number of fused-ring (bicyclic) bond motifs is 1. The first kappa shape index (κ1) is 12.0. The number of nitrogens with one attached hydrogen (secondary N) is 1. The highest BCUT2D eigenvalue weighted by Gasteiger charge is 2.24. The van der Waals surface area contributed by atoms with Crippen molar-refractivity contribution in [3.8, 4) is 11.5 Å². The predicted octanol–water partition coefficient (Wildman–Crippen LogP) is 0.456. The topological polar surface area (TPSA) is 81.7 Å². The van der Waals surface area contributed by atoms with Crippen LogP contribution in [-0.4, -0.2) is 32.9 Å². The van der Waals surface area contributed by atoms with Crippen molar-refractivity contribution in [1.82, 2.24) is 5.32 Å². The largest absolute Gasteiger partial charge is 0.454 e.